The molecule has 1 heterocycles. The Balaban J connectivity index is 2.47. The number of nitrogens with two attached hydrogens (primary N) is 1. The van der Waals surface area contributed by atoms with Crippen LogP contribution in [0.1, 0.15) is 6.92 Å². The molecule has 14 heavy (non-hydrogen) atoms. The molecule has 0 saturated carbocycles. The molecule has 0 saturated heterocycles. The van der Waals surface area contributed by atoms with Gasteiger partial charge in [-0.05, 0) is 35.0 Å². The van der Waals surface area contributed by atoms with Crippen LogP contribution < -0.4 is 15.8 Å². The Hall–Kier alpha value is -1.23. The zero-order valence-corrected chi connectivity index (χ0v) is 9.09. The minimum Gasteiger partial charge on any atom is -0.479 e. The molecule has 1 amide bonds. The van der Waals surface area contributed by atoms with Gasteiger partial charge in [0.05, 0.1) is 5.69 Å². The first-order chi connectivity index (χ1) is 6.58. The van der Waals surface area contributed by atoms with Crippen molar-refractivity contribution in [2.45, 2.75) is 13.0 Å². The van der Waals surface area contributed by atoms with Crippen molar-refractivity contribution in [2.24, 2.45) is 0 Å². The highest BCUT2D eigenvalue weighted by atomic mass is 79.9. The summed E-state index contributed by atoms with van der Waals surface area (Å²) < 4.78 is 6.15. The van der Waals surface area contributed by atoms with Gasteiger partial charge in [-0.15, -0.1) is 0 Å². The summed E-state index contributed by atoms with van der Waals surface area (Å²) in [5, 5.41) is 2.71. The Morgan fingerprint density at radius 1 is 1.57 bits per heavy atom. The zero-order valence-electron chi connectivity index (χ0n) is 7.50. The van der Waals surface area contributed by atoms with Gasteiger partial charge in [-0.2, -0.15) is 0 Å². The summed E-state index contributed by atoms with van der Waals surface area (Å²) in [6.07, 6.45) is -0.460. The summed E-state index contributed by atoms with van der Waals surface area (Å²) in [4.78, 5) is 11.3. The van der Waals surface area contributed by atoms with E-state index in [2.05, 4.69) is 21.2 Å². The third kappa shape index (κ3) is 1.43. The molecule has 3 N–H and O–H groups in total. The van der Waals surface area contributed by atoms with Crippen LogP contribution in [-0.2, 0) is 4.79 Å². The van der Waals surface area contributed by atoms with Gasteiger partial charge in [0.25, 0.3) is 5.91 Å². The van der Waals surface area contributed by atoms with Crippen LogP contribution in [0.15, 0.2) is 16.6 Å². The highest BCUT2D eigenvalue weighted by Gasteiger charge is 2.24. The van der Waals surface area contributed by atoms with E-state index >= 15 is 0 Å². The Kier molecular flexibility index (Phi) is 2.11. The van der Waals surface area contributed by atoms with Gasteiger partial charge in [0.15, 0.2) is 6.10 Å². The van der Waals surface area contributed by atoms with Crippen LogP contribution in [0.25, 0.3) is 0 Å². The van der Waals surface area contributed by atoms with Gasteiger partial charge >= 0.3 is 0 Å². The number of anilines is 2. The number of rotatable bonds is 0. The van der Waals surface area contributed by atoms with Crippen LogP contribution in [0.2, 0.25) is 0 Å². The van der Waals surface area contributed by atoms with Crippen molar-refractivity contribution in [3.8, 4) is 5.75 Å². The van der Waals surface area contributed by atoms with Crippen molar-refractivity contribution in [1.29, 1.82) is 0 Å². The lowest BCUT2D eigenvalue weighted by Gasteiger charge is -2.23. The minimum atomic E-state index is -0.460. The summed E-state index contributed by atoms with van der Waals surface area (Å²) in [5.74, 6) is 0.484. The molecule has 1 aliphatic heterocycles. The molecule has 1 aliphatic rings. The third-order valence-corrected chi connectivity index (χ3v) is 2.72. The summed E-state index contributed by atoms with van der Waals surface area (Å²) in [6.45, 7) is 1.70. The van der Waals surface area contributed by atoms with E-state index in [1.54, 1.807) is 19.1 Å². The van der Waals surface area contributed by atoms with Gasteiger partial charge in [-0.3, -0.25) is 4.79 Å². The average molecular weight is 257 g/mol. The fraction of sp³-hybridized carbons (Fsp3) is 0.222. The van der Waals surface area contributed by atoms with Crippen molar-refractivity contribution >= 4 is 33.2 Å². The molecule has 5 heteroatoms. The Labute approximate surface area is 89.6 Å². The molecule has 0 aromatic heterocycles. The van der Waals surface area contributed by atoms with Crippen LogP contribution >= 0.6 is 15.9 Å². The number of nitrogens with one attached hydrogen (secondary N) is 1. The van der Waals surface area contributed by atoms with Crippen molar-refractivity contribution in [2.75, 3.05) is 11.1 Å². The monoisotopic (exact) mass is 256 g/mol. The van der Waals surface area contributed by atoms with Crippen LogP contribution in [0.4, 0.5) is 11.4 Å². The van der Waals surface area contributed by atoms with Crippen molar-refractivity contribution in [3.63, 3.8) is 0 Å². The van der Waals surface area contributed by atoms with E-state index in [0.29, 0.717) is 17.1 Å². The Morgan fingerprint density at radius 3 is 3.00 bits per heavy atom. The van der Waals surface area contributed by atoms with Gasteiger partial charge in [0, 0.05) is 10.2 Å². The van der Waals surface area contributed by atoms with Gasteiger partial charge in [-0.1, -0.05) is 0 Å². The summed E-state index contributed by atoms with van der Waals surface area (Å²) in [5.41, 5.74) is 6.86. The van der Waals surface area contributed by atoms with E-state index in [9.17, 15) is 4.79 Å². The molecule has 0 spiro atoms. The van der Waals surface area contributed by atoms with E-state index in [1.807, 2.05) is 0 Å². The molecule has 1 unspecified atom stereocenters. The maximum atomic E-state index is 11.3. The predicted octanol–water partition coefficient (Wildman–Crippen LogP) is 1.75. The lowest BCUT2D eigenvalue weighted by Crippen LogP contribution is -2.34. The Morgan fingerprint density at radius 2 is 2.29 bits per heavy atom. The second kappa shape index (κ2) is 3.16. The standard InChI is InChI=1S/C9H9BrN2O2/c1-4-9(13)12-7-3-6(11)5(10)2-8(7)14-4/h2-4H,11H2,1H3,(H,12,13). The number of carbonyl (C=O) groups excluding carboxylic acids is 1. The van der Waals surface area contributed by atoms with E-state index in [1.165, 1.54) is 0 Å². The first-order valence-electron chi connectivity index (χ1n) is 4.14. The third-order valence-electron chi connectivity index (χ3n) is 2.03. The molecule has 0 aliphatic carbocycles. The van der Waals surface area contributed by atoms with Gasteiger partial charge < -0.3 is 15.8 Å². The summed E-state index contributed by atoms with van der Waals surface area (Å²) >= 11 is 3.29. The fourth-order valence-electron chi connectivity index (χ4n) is 1.25. The highest BCUT2D eigenvalue weighted by Crippen LogP contribution is 2.35. The number of fused-ring (bicyclic) bond motifs is 1. The molecule has 1 aromatic carbocycles. The molecule has 4 nitrogen and oxygen atoms in total. The van der Waals surface area contributed by atoms with Crippen molar-refractivity contribution in [3.05, 3.63) is 16.6 Å². The second-order valence-electron chi connectivity index (χ2n) is 3.12. The maximum Gasteiger partial charge on any atom is 0.265 e. The van der Waals surface area contributed by atoms with E-state index in [-0.39, 0.29) is 5.91 Å². The fourth-order valence-corrected chi connectivity index (χ4v) is 1.57. The van der Waals surface area contributed by atoms with Gasteiger partial charge in [-0.25, -0.2) is 0 Å². The minimum absolute atomic E-state index is 0.153. The van der Waals surface area contributed by atoms with Crippen LogP contribution in [0.5, 0.6) is 5.75 Å². The van der Waals surface area contributed by atoms with Gasteiger partial charge in [0.1, 0.15) is 5.75 Å². The van der Waals surface area contributed by atoms with E-state index in [0.717, 1.165) is 4.47 Å². The first-order valence-corrected chi connectivity index (χ1v) is 4.94. The molecule has 1 aromatic rings. The summed E-state index contributed by atoms with van der Waals surface area (Å²) in [6, 6.07) is 3.42. The number of amides is 1. The van der Waals surface area contributed by atoms with Crippen molar-refractivity contribution in [1.82, 2.24) is 0 Å². The molecule has 1 atom stereocenters. The number of carbonyl (C=O) groups is 1. The van der Waals surface area contributed by atoms with Crippen LogP contribution in [-0.4, -0.2) is 12.0 Å². The largest absolute Gasteiger partial charge is 0.479 e. The number of hydrogen-bond acceptors (Lipinski definition) is 3. The Bertz CT molecular complexity index is 406. The maximum absolute atomic E-state index is 11.3. The molecular formula is C9H9BrN2O2. The summed E-state index contributed by atoms with van der Waals surface area (Å²) in [7, 11) is 0. The molecule has 74 valence electrons. The molecule has 0 bridgehead atoms. The lowest BCUT2D eigenvalue weighted by atomic mass is 10.2. The van der Waals surface area contributed by atoms with Crippen LogP contribution in [0.3, 0.4) is 0 Å². The lowest BCUT2D eigenvalue weighted by molar-refractivity contribution is -0.122. The molecule has 0 radical (unpaired) electrons. The zero-order chi connectivity index (χ0) is 10.3. The number of halogens is 1. The van der Waals surface area contributed by atoms with E-state index < -0.39 is 6.10 Å². The predicted molar refractivity (Wildman–Crippen MR) is 57.3 cm³/mol. The quantitative estimate of drug-likeness (QED) is 0.696. The number of hydrogen-bond donors (Lipinski definition) is 2. The highest BCUT2D eigenvalue weighted by molar-refractivity contribution is 9.10. The SMILES string of the molecule is CC1Oc2cc(Br)c(N)cc2NC1=O. The second-order valence-corrected chi connectivity index (χ2v) is 3.97. The van der Waals surface area contributed by atoms with Crippen molar-refractivity contribution < 1.29 is 9.53 Å². The number of nitrogen functional groups attached to an aromatic ring is 1. The smallest absolute Gasteiger partial charge is 0.265 e. The van der Waals surface area contributed by atoms with Crippen LogP contribution in [0, 0.1) is 0 Å². The normalized spacial score (nSPS) is 19.6. The number of benzene rings is 1. The van der Waals surface area contributed by atoms with E-state index in [4.69, 9.17) is 10.5 Å². The molecule has 0 fully saturated rings. The first kappa shape index (κ1) is 9.33. The average Bonchev–Trinajstić information content (AvgIpc) is 2.11. The topological polar surface area (TPSA) is 64.3 Å². The molecule has 2 rings (SSSR count). The number of ether oxygens (including phenoxy) is 1. The molecular weight excluding hydrogens is 248 g/mol. The van der Waals surface area contributed by atoms with Gasteiger partial charge in [0.2, 0.25) is 0 Å².